The van der Waals surface area contributed by atoms with Crippen molar-refractivity contribution in [1.29, 1.82) is 0 Å². The first-order valence-electron chi connectivity index (χ1n) is 5.43. The number of benzene rings is 1. The third-order valence-corrected chi connectivity index (χ3v) is 3.10. The van der Waals surface area contributed by atoms with Gasteiger partial charge in [-0.3, -0.25) is 4.79 Å². The van der Waals surface area contributed by atoms with E-state index in [9.17, 15) is 9.18 Å². The number of amides is 1. The van der Waals surface area contributed by atoms with Crippen molar-refractivity contribution in [3.8, 4) is 0 Å². The summed E-state index contributed by atoms with van der Waals surface area (Å²) < 4.78 is 13.4. The molecule has 5 heteroatoms. The second kappa shape index (κ2) is 6.71. The minimum Gasteiger partial charge on any atom is -0.345 e. The van der Waals surface area contributed by atoms with Crippen LogP contribution >= 0.6 is 15.9 Å². The predicted octanol–water partition coefficient (Wildman–Crippen LogP) is 2.16. The summed E-state index contributed by atoms with van der Waals surface area (Å²) in [5.41, 5.74) is 0.935. The van der Waals surface area contributed by atoms with Crippen LogP contribution in [0.2, 0.25) is 0 Å². The Balaban J connectivity index is 2.41. The van der Waals surface area contributed by atoms with Crippen LogP contribution in [0.3, 0.4) is 0 Å². The molecule has 17 heavy (non-hydrogen) atoms. The van der Waals surface area contributed by atoms with Crippen LogP contribution < -0.4 is 5.32 Å². The molecule has 94 valence electrons. The fourth-order valence-electron chi connectivity index (χ4n) is 1.27. The van der Waals surface area contributed by atoms with Gasteiger partial charge in [-0.05, 0) is 40.5 Å². The van der Waals surface area contributed by atoms with Crippen molar-refractivity contribution in [1.82, 2.24) is 10.2 Å². The van der Waals surface area contributed by atoms with Gasteiger partial charge < -0.3 is 10.2 Å². The lowest BCUT2D eigenvalue weighted by atomic mass is 10.2. The molecule has 1 N–H and O–H groups in total. The molecule has 0 spiro atoms. The Kier molecular flexibility index (Phi) is 5.58. The molecule has 1 aromatic rings. The van der Waals surface area contributed by atoms with Gasteiger partial charge in [-0.1, -0.05) is 6.07 Å². The molecular weight excluding hydrogens is 287 g/mol. The van der Waals surface area contributed by atoms with Crippen molar-refractivity contribution in [2.45, 2.75) is 13.5 Å². The van der Waals surface area contributed by atoms with E-state index in [2.05, 4.69) is 21.2 Å². The molecule has 0 atom stereocenters. The molecule has 1 rings (SSSR count). The largest absolute Gasteiger partial charge is 0.345 e. The molecule has 0 aliphatic rings. The summed E-state index contributed by atoms with van der Waals surface area (Å²) in [4.78, 5) is 13.1. The average molecular weight is 303 g/mol. The smallest absolute Gasteiger partial charge is 0.236 e. The molecule has 1 amide bonds. The van der Waals surface area contributed by atoms with Crippen LogP contribution in [-0.4, -0.2) is 30.9 Å². The van der Waals surface area contributed by atoms with Gasteiger partial charge in [-0.2, -0.15) is 0 Å². The third kappa shape index (κ3) is 4.44. The molecule has 0 saturated heterocycles. The minimum absolute atomic E-state index is 0.0497. The van der Waals surface area contributed by atoms with Gasteiger partial charge in [0.25, 0.3) is 0 Å². The van der Waals surface area contributed by atoms with Gasteiger partial charge in [-0.15, -0.1) is 0 Å². The molecule has 1 aromatic carbocycles. The molecule has 0 aliphatic heterocycles. The van der Waals surface area contributed by atoms with Crippen molar-refractivity contribution >= 4 is 21.8 Å². The molecule has 0 bridgehead atoms. The molecule has 0 heterocycles. The first kappa shape index (κ1) is 14.1. The van der Waals surface area contributed by atoms with Crippen LogP contribution in [0.1, 0.15) is 12.5 Å². The molecule has 0 aliphatic carbocycles. The van der Waals surface area contributed by atoms with Crippen molar-refractivity contribution in [2.75, 3.05) is 20.1 Å². The quantitative estimate of drug-likeness (QED) is 0.904. The Morgan fingerprint density at radius 3 is 2.82 bits per heavy atom. The Labute approximate surface area is 109 Å². The average Bonchev–Trinajstić information content (AvgIpc) is 2.32. The lowest BCUT2D eigenvalue weighted by molar-refractivity contribution is -0.128. The zero-order valence-electron chi connectivity index (χ0n) is 9.96. The van der Waals surface area contributed by atoms with Crippen molar-refractivity contribution in [3.63, 3.8) is 0 Å². The number of carbonyl (C=O) groups excluding carboxylic acids is 1. The van der Waals surface area contributed by atoms with E-state index < -0.39 is 0 Å². The number of rotatable bonds is 5. The Hall–Kier alpha value is -0.940. The van der Waals surface area contributed by atoms with Crippen LogP contribution in [0.15, 0.2) is 22.7 Å². The van der Waals surface area contributed by atoms with Gasteiger partial charge in [0.15, 0.2) is 0 Å². The van der Waals surface area contributed by atoms with Gasteiger partial charge >= 0.3 is 0 Å². The monoisotopic (exact) mass is 302 g/mol. The number of halogens is 2. The van der Waals surface area contributed by atoms with E-state index in [1.165, 1.54) is 6.07 Å². The third-order valence-electron chi connectivity index (χ3n) is 2.49. The molecule has 0 unspecified atom stereocenters. The number of carbonyl (C=O) groups is 1. The minimum atomic E-state index is -0.282. The topological polar surface area (TPSA) is 32.3 Å². The first-order chi connectivity index (χ1) is 8.04. The SMILES string of the molecule is CCN(C)C(=O)CNCc1ccc(F)c(Br)c1. The molecular formula is C12H16BrFN2O. The molecule has 0 fully saturated rings. The standard InChI is InChI=1S/C12H16BrFN2O/c1-3-16(2)12(17)8-15-7-9-4-5-11(14)10(13)6-9/h4-6,15H,3,7-8H2,1-2H3. The number of likely N-dealkylation sites (N-methyl/N-ethyl adjacent to an activating group) is 1. The normalized spacial score (nSPS) is 10.4. The number of hydrogen-bond acceptors (Lipinski definition) is 2. The molecule has 3 nitrogen and oxygen atoms in total. The second-order valence-corrected chi connectivity index (χ2v) is 4.61. The van der Waals surface area contributed by atoms with Crippen LogP contribution in [0.25, 0.3) is 0 Å². The molecule has 0 aromatic heterocycles. The Morgan fingerprint density at radius 2 is 2.24 bits per heavy atom. The van der Waals surface area contributed by atoms with E-state index in [1.807, 2.05) is 6.92 Å². The van der Waals surface area contributed by atoms with Crippen molar-refractivity contribution < 1.29 is 9.18 Å². The van der Waals surface area contributed by atoms with E-state index in [0.717, 1.165) is 5.56 Å². The van der Waals surface area contributed by atoms with E-state index in [-0.39, 0.29) is 11.7 Å². The van der Waals surface area contributed by atoms with E-state index in [4.69, 9.17) is 0 Å². The highest BCUT2D eigenvalue weighted by molar-refractivity contribution is 9.10. The summed E-state index contributed by atoms with van der Waals surface area (Å²) >= 11 is 3.12. The van der Waals surface area contributed by atoms with Crippen LogP contribution in [0.5, 0.6) is 0 Å². The summed E-state index contributed by atoms with van der Waals surface area (Å²) in [6.07, 6.45) is 0. The van der Waals surface area contributed by atoms with Crippen molar-refractivity contribution in [3.05, 3.63) is 34.1 Å². The van der Waals surface area contributed by atoms with E-state index in [0.29, 0.717) is 24.1 Å². The summed E-state index contributed by atoms with van der Waals surface area (Å²) in [6, 6.07) is 4.80. The highest BCUT2D eigenvalue weighted by atomic mass is 79.9. The van der Waals surface area contributed by atoms with Crippen LogP contribution in [0.4, 0.5) is 4.39 Å². The van der Waals surface area contributed by atoms with Gasteiger partial charge in [0, 0.05) is 20.1 Å². The van der Waals surface area contributed by atoms with E-state index in [1.54, 1.807) is 24.1 Å². The summed E-state index contributed by atoms with van der Waals surface area (Å²) in [5.74, 6) is -0.232. The summed E-state index contributed by atoms with van der Waals surface area (Å²) in [7, 11) is 1.76. The molecule has 0 radical (unpaired) electrons. The van der Waals surface area contributed by atoms with Gasteiger partial charge in [0.2, 0.25) is 5.91 Å². The zero-order valence-corrected chi connectivity index (χ0v) is 11.6. The highest BCUT2D eigenvalue weighted by Crippen LogP contribution is 2.16. The fourth-order valence-corrected chi connectivity index (χ4v) is 1.70. The fraction of sp³-hybridized carbons (Fsp3) is 0.417. The van der Waals surface area contributed by atoms with Gasteiger partial charge in [0.1, 0.15) is 5.82 Å². The maximum Gasteiger partial charge on any atom is 0.236 e. The number of nitrogens with one attached hydrogen (secondary N) is 1. The summed E-state index contributed by atoms with van der Waals surface area (Å²) in [5, 5.41) is 3.03. The molecule has 0 saturated carbocycles. The van der Waals surface area contributed by atoms with Gasteiger partial charge in [0.05, 0.1) is 11.0 Å². The van der Waals surface area contributed by atoms with Crippen molar-refractivity contribution in [2.24, 2.45) is 0 Å². The first-order valence-corrected chi connectivity index (χ1v) is 6.22. The van der Waals surface area contributed by atoms with Gasteiger partial charge in [-0.25, -0.2) is 4.39 Å². The maximum absolute atomic E-state index is 13.0. The highest BCUT2D eigenvalue weighted by Gasteiger charge is 2.06. The predicted molar refractivity (Wildman–Crippen MR) is 69.1 cm³/mol. The summed E-state index contributed by atoms with van der Waals surface area (Å²) in [6.45, 7) is 3.46. The Bertz CT molecular complexity index is 398. The lowest BCUT2D eigenvalue weighted by Gasteiger charge is -2.14. The number of nitrogens with zero attached hydrogens (tertiary/aromatic N) is 1. The number of hydrogen-bond donors (Lipinski definition) is 1. The second-order valence-electron chi connectivity index (χ2n) is 3.76. The maximum atomic E-state index is 13.0. The van der Waals surface area contributed by atoms with Crippen LogP contribution in [-0.2, 0) is 11.3 Å². The lowest BCUT2D eigenvalue weighted by Crippen LogP contribution is -2.35. The zero-order chi connectivity index (χ0) is 12.8. The van der Waals surface area contributed by atoms with Crippen LogP contribution in [0, 0.1) is 5.82 Å². The van der Waals surface area contributed by atoms with E-state index >= 15 is 0 Å². The Morgan fingerprint density at radius 1 is 1.53 bits per heavy atom.